The number of thiazole rings is 1. The third-order valence-corrected chi connectivity index (χ3v) is 4.60. The van der Waals surface area contributed by atoms with Crippen molar-refractivity contribution in [1.82, 2.24) is 4.98 Å². The van der Waals surface area contributed by atoms with E-state index in [1.54, 1.807) is 6.07 Å². The smallest absolute Gasteiger partial charge is 0.267 e. The van der Waals surface area contributed by atoms with Crippen LogP contribution in [0.1, 0.15) is 16.6 Å². The molecule has 2 heterocycles. The van der Waals surface area contributed by atoms with Crippen molar-refractivity contribution >= 4 is 45.3 Å². The first kappa shape index (κ1) is 15.4. The molecule has 0 unspecified atom stereocenters. The first-order valence-corrected chi connectivity index (χ1v) is 8.56. The number of rotatable bonds is 4. The first-order valence-electron chi connectivity index (χ1n) is 6.80. The summed E-state index contributed by atoms with van der Waals surface area (Å²) in [5.74, 6) is -0.258. The number of carbonyl (C=O) groups excluding carboxylic acids is 2. The van der Waals surface area contributed by atoms with Crippen LogP contribution in [0.15, 0.2) is 47.2 Å². The average molecular weight is 343 g/mol. The highest BCUT2D eigenvalue weighted by molar-refractivity contribution is 7.14. The second-order valence-electron chi connectivity index (χ2n) is 4.73. The molecule has 0 atom stereocenters. The molecule has 2 amide bonds. The van der Waals surface area contributed by atoms with Crippen LogP contribution in [-0.2, 0) is 4.79 Å². The third kappa shape index (κ3) is 3.82. The highest BCUT2D eigenvalue weighted by Crippen LogP contribution is 2.26. The normalized spacial score (nSPS) is 10.3. The van der Waals surface area contributed by atoms with Gasteiger partial charge in [0.15, 0.2) is 5.13 Å². The topological polar surface area (TPSA) is 71.1 Å². The number of nitrogens with zero attached hydrogens (tertiary/aromatic N) is 1. The lowest BCUT2D eigenvalue weighted by Gasteiger charge is -2.02. The Labute approximate surface area is 141 Å². The second-order valence-corrected chi connectivity index (χ2v) is 6.53. The molecule has 0 fully saturated rings. The fourth-order valence-corrected chi connectivity index (χ4v) is 3.29. The Balaban J connectivity index is 1.71. The van der Waals surface area contributed by atoms with Crippen molar-refractivity contribution in [3.05, 3.63) is 52.0 Å². The molecular formula is C16H13N3O2S2. The quantitative estimate of drug-likeness (QED) is 0.750. The molecule has 1 aromatic carbocycles. The standard InChI is InChI=1S/C16H13N3O2S2/c1-10(20)17-12-6-4-11(5-7-12)13-9-23-16(18-13)19-15(21)14-3-2-8-22-14/h2-9H,1H3,(H,17,20)(H,18,19,21). The summed E-state index contributed by atoms with van der Waals surface area (Å²) in [6.45, 7) is 1.47. The molecule has 0 spiro atoms. The molecule has 0 aliphatic heterocycles. The van der Waals surface area contributed by atoms with E-state index in [9.17, 15) is 9.59 Å². The van der Waals surface area contributed by atoms with Gasteiger partial charge in [0.25, 0.3) is 5.91 Å². The van der Waals surface area contributed by atoms with Crippen LogP contribution >= 0.6 is 22.7 Å². The lowest BCUT2D eigenvalue weighted by atomic mass is 10.1. The van der Waals surface area contributed by atoms with Gasteiger partial charge >= 0.3 is 0 Å². The number of anilines is 2. The van der Waals surface area contributed by atoms with Gasteiger partial charge in [-0.25, -0.2) is 4.98 Å². The summed E-state index contributed by atoms with van der Waals surface area (Å²) in [6, 6.07) is 11.0. The molecule has 3 aromatic rings. The molecule has 2 N–H and O–H groups in total. The molecular weight excluding hydrogens is 330 g/mol. The number of amides is 2. The maximum absolute atomic E-state index is 12.0. The first-order chi connectivity index (χ1) is 11.1. The number of benzene rings is 1. The van der Waals surface area contributed by atoms with E-state index in [4.69, 9.17) is 0 Å². The molecule has 0 radical (unpaired) electrons. The number of aromatic nitrogens is 1. The minimum absolute atomic E-state index is 0.106. The monoisotopic (exact) mass is 343 g/mol. The van der Waals surface area contributed by atoms with Gasteiger partial charge in [0.2, 0.25) is 5.91 Å². The molecule has 2 aromatic heterocycles. The van der Waals surface area contributed by atoms with Gasteiger partial charge in [-0.2, -0.15) is 0 Å². The fourth-order valence-electron chi connectivity index (χ4n) is 1.96. The average Bonchev–Trinajstić information content (AvgIpc) is 3.18. The van der Waals surface area contributed by atoms with Crippen molar-refractivity contribution in [2.75, 3.05) is 10.6 Å². The molecule has 116 valence electrons. The Morgan fingerprint density at radius 2 is 1.83 bits per heavy atom. The van der Waals surface area contributed by atoms with Crippen LogP contribution in [0.5, 0.6) is 0 Å². The third-order valence-electron chi connectivity index (χ3n) is 2.97. The van der Waals surface area contributed by atoms with Crippen LogP contribution in [0.2, 0.25) is 0 Å². The van der Waals surface area contributed by atoms with Gasteiger partial charge in [-0.1, -0.05) is 18.2 Å². The number of hydrogen-bond acceptors (Lipinski definition) is 5. The van der Waals surface area contributed by atoms with Gasteiger partial charge < -0.3 is 5.32 Å². The summed E-state index contributed by atoms with van der Waals surface area (Å²) in [5, 5.41) is 9.82. The van der Waals surface area contributed by atoms with Crippen LogP contribution in [0, 0.1) is 0 Å². The zero-order chi connectivity index (χ0) is 16.2. The van der Waals surface area contributed by atoms with E-state index in [0.29, 0.717) is 10.0 Å². The molecule has 7 heteroatoms. The minimum atomic E-state index is -0.151. The lowest BCUT2D eigenvalue weighted by molar-refractivity contribution is -0.114. The summed E-state index contributed by atoms with van der Waals surface area (Å²) in [4.78, 5) is 28.1. The van der Waals surface area contributed by atoms with Crippen molar-refractivity contribution < 1.29 is 9.59 Å². The molecule has 0 aliphatic rings. The largest absolute Gasteiger partial charge is 0.326 e. The lowest BCUT2D eigenvalue weighted by Crippen LogP contribution is -2.09. The van der Waals surface area contributed by atoms with E-state index in [1.807, 2.05) is 41.1 Å². The van der Waals surface area contributed by atoms with Crippen LogP contribution in [0.4, 0.5) is 10.8 Å². The summed E-state index contributed by atoms with van der Waals surface area (Å²) in [6.07, 6.45) is 0. The number of hydrogen-bond donors (Lipinski definition) is 2. The van der Waals surface area contributed by atoms with Crippen molar-refractivity contribution in [3.8, 4) is 11.3 Å². The number of carbonyl (C=O) groups is 2. The Kier molecular flexibility index (Phi) is 4.50. The van der Waals surface area contributed by atoms with Crippen LogP contribution in [0.3, 0.4) is 0 Å². The molecule has 5 nitrogen and oxygen atoms in total. The zero-order valence-electron chi connectivity index (χ0n) is 12.2. The highest BCUT2D eigenvalue weighted by atomic mass is 32.1. The van der Waals surface area contributed by atoms with E-state index >= 15 is 0 Å². The van der Waals surface area contributed by atoms with Crippen molar-refractivity contribution in [2.45, 2.75) is 6.92 Å². The van der Waals surface area contributed by atoms with Crippen LogP contribution < -0.4 is 10.6 Å². The van der Waals surface area contributed by atoms with Crippen LogP contribution in [-0.4, -0.2) is 16.8 Å². The van der Waals surface area contributed by atoms with Crippen LogP contribution in [0.25, 0.3) is 11.3 Å². The Bertz CT molecular complexity index is 823. The summed E-state index contributed by atoms with van der Waals surface area (Å²) >= 11 is 2.77. The predicted octanol–water partition coefficient (Wildman–Crippen LogP) is 4.08. The van der Waals surface area contributed by atoms with Crippen molar-refractivity contribution in [2.24, 2.45) is 0 Å². The van der Waals surface area contributed by atoms with Gasteiger partial charge in [0.1, 0.15) is 0 Å². The second kappa shape index (κ2) is 6.72. The van der Waals surface area contributed by atoms with E-state index in [0.717, 1.165) is 16.9 Å². The number of nitrogens with one attached hydrogen (secondary N) is 2. The number of thiophene rings is 1. The molecule has 23 heavy (non-hydrogen) atoms. The van der Waals surface area contributed by atoms with E-state index in [2.05, 4.69) is 15.6 Å². The molecule has 0 saturated heterocycles. The van der Waals surface area contributed by atoms with E-state index in [-0.39, 0.29) is 11.8 Å². The van der Waals surface area contributed by atoms with Crippen molar-refractivity contribution in [1.29, 1.82) is 0 Å². The summed E-state index contributed by atoms with van der Waals surface area (Å²) < 4.78 is 0. The highest BCUT2D eigenvalue weighted by Gasteiger charge is 2.10. The summed E-state index contributed by atoms with van der Waals surface area (Å²) in [5.41, 5.74) is 2.44. The molecule has 3 rings (SSSR count). The van der Waals surface area contributed by atoms with E-state index in [1.165, 1.54) is 29.6 Å². The maximum Gasteiger partial charge on any atom is 0.267 e. The summed E-state index contributed by atoms with van der Waals surface area (Å²) in [7, 11) is 0. The Hall–Kier alpha value is -2.51. The van der Waals surface area contributed by atoms with Gasteiger partial charge in [-0.3, -0.25) is 14.9 Å². The van der Waals surface area contributed by atoms with Gasteiger partial charge in [-0.15, -0.1) is 22.7 Å². The van der Waals surface area contributed by atoms with Gasteiger partial charge in [0, 0.05) is 23.6 Å². The SMILES string of the molecule is CC(=O)Nc1ccc(-c2csc(NC(=O)c3cccs3)n2)cc1. The minimum Gasteiger partial charge on any atom is -0.326 e. The Morgan fingerprint density at radius 1 is 1.04 bits per heavy atom. The van der Waals surface area contributed by atoms with E-state index < -0.39 is 0 Å². The van der Waals surface area contributed by atoms with Gasteiger partial charge in [-0.05, 0) is 23.6 Å². The molecule has 0 aliphatic carbocycles. The fraction of sp³-hybridized carbons (Fsp3) is 0.0625. The molecule has 0 saturated carbocycles. The zero-order valence-corrected chi connectivity index (χ0v) is 13.8. The maximum atomic E-state index is 12.0. The van der Waals surface area contributed by atoms with Gasteiger partial charge in [0.05, 0.1) is 10.6 Å². The Morgan fingerprint density at radius 3 is 2.48 bits per heavy atom. The van der Waals surface area contributed by atoms with Crippen molar-refractivity contribution in [3.63, 3.8) is 0 Å². The molecule has 0 bridgehead atoms. The predicted molar refractivity (Wildman–Crippen MR) is 94.1 cm³/mol.